The molecule has 0 N–H and O–H groups in total. The van der Waals surface area contributed by atoms with Gasteiger partial charge in [0.1, 0.15) is 0 Å². The van der Waals surface area contributed by atoms with Crippen LogP contribution in [0.25, 0.3) is 0 Å². The van der Waals surface area contributed by atoms with E-state index in [4.69, 9.17) is 0 Å². The van der Waals surface area contributed by atoms with E-state index in [9.17, 15) is 13.2 Å². The lowest BCUT2D eigenvalue weighted by molar-refractivity contribution is -0.138. The lowest BCUT2D eigenvalue weighted by atomic mass is 9.96. The molecule has 3 saturated heterocycles. The summed E-state index contributed by atoms with van der Waals surface area (Å²) < 4.78 is 25.1. The van der Waals surface area contributed by atoms with E-state index in [1.807, 2.05) is 0 Å². The number of hydrogen-bond donors (Lipinski definition) is 0. The topological polar surface area (TPSA) is 60.9 Å². The molecule has 6 nitrogen and oxygen atoms in total. The van der Waals surface area contributed by atoms with Crippen LogP contribution in [0.3, 0.4) is 0 Å². The highest BCUT2D eigenvalue weighted by Crippen LogP contribution is 2.31. The zero-order valence-electron chi connectivity index (χ0n) is 14.3. The summed E-state index contributed by atoms with van der Waals surface area (Å²) in [7, 11) is -1.04. The number of likely N-dealkylation sites (tertiary alicyclic amines) is 2. The SMILES string of the molecule is CN1CCC[C@@H]1[C@@H]1CCCN1C(=O)[C@H]1CCCN(S(C)(=O)=O)C1. The van der Waals surface area contributed by atoms with Gasteiger partial charge in [0.15, 0.2) is 0 Å². The molecule has 3 rings (SSSR count). The molecular weight excluding hydrogens is 314 g/mol. The van der Waals surface area contributed by atoms with Crippen molar-refractivity contribution in [2.24, 2.45) is 5.92 Å². The average Bonchev–Trinajstić information content (AvgIpc) is 3.14. The Hall–Kier alpha value is -0.660. The van der Waals surface area contributed by atoms with Gasteiger partial charge in [-0.2, -0.15) is 0 Å². The first-order chi connectivity index (χ1) is 10.9. The number of amides is 1. The number of hydrogen-bond acceptors (Lipinski definition) is 4. The van der Waals surface area contributed by atoms with E-state index in [1.54, 1.807) is 0 Å². The first kappa shape index (κ1) is 17.2. The van der Waals surface area contributed by atoms with Crippen LogP contribution in [0.4, 0.5) is 0 Å². The second kappa shape index (κ2) is 6.69. The molecule has 3 aliphatic heterocycles. The normalized spacial score (nSPS) is 34.2. The molecule has 0 bridgehead atoms. The molecule has 0 aromatic rings. The second-order valence-corrected chi connectivity index (χ2v) is 9.37. The summed E-state index contributed by atoms with van der Waals surface area (Å²) in [4.78, 5) is 17.5. The van der Waals surface area contributed by atoms with Gasteiger partial charge >= 0.3 is 0 Å². The number of rotatable bonds is 3. The molecule has 0 aliphatic carbocycles. The maximum atomic E-state index is 13.0. The van der Waals surface area contributed by atoms with E-state index < -0.39 is 10.0 Å². The second-order valence-electron chi connectivity index (χ2n) is 7.39. The van der Waals surface area contributed by atoms with Gasteiger partial charge in [0.2, 0.25) is 15.9 Å². The number of likely N-dealkylation sites (N-methyl/N-ethyl adjacent to an activating group) is 1. The van der Waals surface area contributed by atoms with Gasteiger partial charge < -0.3 is 9.80 Å². The molecule has 7 heteroatoms. The Morgan fingerprint density at radius 2 is 1.61 bits per heavy atom. The summed E-state index contributed by atoms with van der Waals surface area (Å²) in [6.07, 6.45) is 7.38. The third-order valence-corrected chi connectivity index (χ3v) is 7.08. The van der Waals surface area contributed by atoms with Crippen LogP contribution in [-0.2, 0) is 14.8 Å². The Labute approximate surface area is 139 Å². The first-order valence-corrected chi connectivity index (χ1v) is 10.7. The molecule has 0 aromatic heterocycles. The monoisotopic (exact) mass is 343 g/mol. The van der Waals surface area contributed by atoms with Crippen molar-refractivity contribution >= 4 is 15.9 Å². The summed E-state index contributed by atoms with van der Waals surface area (Å²) in [5.74, 6) is 0.0203. The van der Waals surface area contributed by atoms with Crippen molar-refractivity contribution in [1.29, 1.82) is 0 Å². The van der Waals surface area contributed by atoms with Gasteiger partial charge in [-0.05, 0) is 52.1 Å². The standard InChI is InChI=1S/C16H29N3O3S/c1-17-9-4-7-14(17)15-8-5-11-19(15)16(20)13-6-3-10-18(12-13)23(2,21)22/h13-15H,3-12H2,1-2H3/t13-,14+,15-/m0/s1. The lowest BCUT2D eigenvalue weighted by Crippen LogP contribution is -2.51. The van der Waals surface area contributed by atoms with Crippen molar-refractivity contribution in [3.8, 4) is 0 Å². The molecular formula is C16H29N3O3S. The van der Waals surface area contributed by atoms with Crippen LogP contribution in [0.15, 0.2) is 0 Å². The van der Waals surface area contributed by atoms with Gasteiger partial charge in [-0.15, -0.1) is 0 Å². The van der Waals surface area contributed by atoms with Crippen LogP contribution >= 0.6 is 0 Å². The molecule has 3 aliphatic rings. The van der Waals surface area contributed by atoms with Crippen LogP contribution in [0, 0.1) is 5.92 Å². The van der Waals surface area contributed by atoms with Crippen molar-refractivity contribution in [2.75, 3.05) is 39.5 Å². The zero-order valence-corrected chi connectivity index (χ0v) is 15.1. The van der Waals surface area contributed by atoms with E-state index in [-0.39, 0.29) is 11.8 Å². The smallest absolute Gasteiger partial charge is 0.227 e. The summed E-state index contributed by atoms with van der Waals surface area (Å²) in [5.41, 5.74) is 0. The third-order valence-electron chi connectivity index (χ3n) is 5.81. The quantitative estimate of drug-likeness (QED) is 0.758. The van der Waals surface area contributed by atoms with Gasteiger partial charge in [-0.3, -0.25) is 4.79 Å². The van der Waals surface area contributed by atoms with Crippen molar-refractivity contribution in [1.82, 2.24) is 14.1 Å². The van der Waals surface area contributed by atoms with E-state index in [1.165, 1.54) is 23.4 Å². The number of sulfonamides is 1. The van der Waals surface area contributed by atoms with Crippen molar-refractivity contribution in [2.45, 2.75) is 50.6 Å². The molecule has 3 fully saturated rings. The van der Waals surface area contributed by atoms with Crippen LogP contribution in [0.5, 0.6) is 0 Å². The molecule has 0 unspecified atom stereocenters. The zero-order chi connectivity index (χ0) is 16.6. The van der Waals surface area contributed by atoms with Gasteiger partial charge in [0.25, 0.3) is 0 Å². The summed E-state index contributed by atoms with van der Waals surface area (Å²) >= 11 is 0. The Balaban J connectivity index is 1.69. The minimum absolute atomic E-state index is 0.161. The van der Waals surface area contributed by atoms with Crippen LogP contribution < -0.4 is 0 Å². The largest absolute Gasteiger partial charge is 0.338 e. The van der Waals surface area contributed by atoms with Crippen LogP contribution in [0.1, 0.15) is 38.5 Å². The average molecular weight is 343 g/mol. The van der Waals surface area contributed by atoms with Crippen LogP contribution in [0.2, 0.25) is 0 Å². The lowest BCUT2D eigenvalue weighted by Gasteiger charge is -2.37. The van der Waals surface area contributed by atoms with E-state index in [0.717, 1.165) is 38.8 Å². The molecule has 23 heavy (non-hydrogen) atoms. The highest BCUT2D eigenvalue weighted by molar-refractivity contribution is 7.88. The number of carbonyl (C=O) groups excluding carboxylic acids is 1. The van der Waals surface area contributed by atoms with E-state index in [2.05, 4.69) is 16.8 Å². The Morgan fingerprint density at radius 1 is 0.957 bits per heavy atom. The maximum absolute atomic E-state index is 13.0. The van der Waals surface area contributed by atoms with E-state index >= 15 is 0 Å². The summed E-state index contributed by atoms with van der Waals surface area (Å²) in [5, 5.41) is 0. The number of carbonyl (C=O) groups is 1. The third kappa shape index (κ3) is 3.56. The molecule has 0 saturated carbocycles. The Morgan fingerprint density at radius 3 is 2.26 bits per heavy atom. The molecule has 132 valence electrons. The fourth-order valence-corrected chi connectivity index (χ4v) is 5.48. The Kier molecular flexibility index (Phi) is 4.99. The molecule has 3 atom stereocenters. The molecule has 0 aromatic carbocycles. The van der Waals surface area contributed by atoms with Gasteiger partial charge in [0.05, 0.1) is 12.2 Å². The maximum Gasteiger partial charge on any atom is 0.227 e. The minimum Gasteiger partial charge on any atom is -0.338 e. The van der Waals surface area contributed by atoms with Crippen molar-refractivity contribution in [3.63, 3.8) is 0 Å². The van der Waals surface area contributed by atoms with Gasteiger partial charge in [-0.25, -0.2) is 12.7 Å². The fraction of sp³-hybridized carbons (Fsp3) is 0.938. The van der Waals surface area contributed by atoms with Gasteiger partial charge in [-0.1, -0.05) is 0 Å². The number of piperidine rings is 1. The minimum atomic E-state index is -3.20. The summed E-state index contributed by atoms with van der Waals surface area (Å²) in [6, 6.07) is 0.805. The molecule has 0 spiro atoms. The van der Waals surface area contributed by atoms with Crippen molar-refractivity contribution < 1.29 is 13.2 Å². The highest BCUT2D eigenvalue weighted by Gasteiger charge is 2.41. The predicted molar refractivity (Wildman–Crippen MR) is 89.5 cm³/mol. The highest BCUT2D eigenvalue weighted by atomic mass is 32.2. The van der Waals surface area contributed by atoms with Crippen LogP contribution in [-0.4, -0.2) is 80.0 Å². The number of nitrogens with zero attached hydrogens (tertiary/aromatic N) is 3. The molecule has 3 heterocycles. The summed E-state index contributed by atoms with van der Waals surface area (Å²) in [6.45, 7) is 2.87. The molecule has 1 amide bonds. The molecule has 0 radical (unpaired) electrons. The van der Waals surface area contributed by atoms with Crippen molar-refractivity contribution in [3.05, 3.63) is 0 Å². The van der Waals surface area contributed by atoms with Gasteiger partial charge in [0, 0.05) is 31.7 Å². The predicted octanol–water partition coefficient (Wildman–Crippen LogP) is 0.743. The Bertz CT molecular complexity index is 551. The fourth-order valence-electron chi connectivity index (χ4n) is 4.57. The first-order valence-electron chi connectivity index (χ1n) is 8.84. The van der Waals surface area contributed by atoms with E-state index in [0.29, 0.717) is 25.2 Å².